The Hall–Kier alpha value is -4.10. The summed E-state index contributed by atoms with van der Waals surface area (Å²) >= 11 is 0. The summed E-state index contributed by atoms with van der Waals surface area (Å²) in [5.74, 6) is 0.483. The van der Waals surface area contributed by atoms with Crippen LogP contribution in [-0.4, -0.2) is 58.4 Å². The van der Waals surface area contributed by atoms with Gasteiger partial charge in [0, 0.05) is 63.4 Å². The highest BCUT2D eigenvalue weighted by atomic mass is 19.4. The minimum atomic E-state index is -4.69. The third-order valence-corrected chi connectivity index (χ3v) is 6.46. The number of carbonyl (C=O) groups is 2. The van der Waals surface area contributed by atoms with E-state index in [0.717, 1.165) is 11.0 Å². The SMILES string of the molecule is CNC(=O)c1cc(Oc2ccc(N(C)C(=O)N(C)c3ccc(B4OCC(C)(C)CO4)c(C(F)(F)F)c3)cc2)ccn1. The minimum Gasteiger partial charge on any atom is -0.457 e. The fourth-order valence-corrected chi connectivity index (χ4v) is 4.12. The molecule has 0 radical (unpaired) electrons. The highest BCUT2D eigenvalue weighted by Crippen LogP contribution is 2.33. The molecular weight excluding hydrogens is 540 g/mol. The summed E-state index contributed by atoms with van der Waals surface area (Å²) in [6, 6.07) is 12.7. The molecule has 4 rings (SSSR count). The molecule has 1 fully saturated rings. The van der Waals surface area contributed by atoms with E-state index in [2.05, 4.69) is 10.3 Å². The molecule has 216 valence electrons. The minimum absolute atomic E-state index is 0.0543. The number of nitrogens with zero attached hydrogens (tertiary/aromatic N) is 3. The number of rotatable bonds is 6. The smallest absolute Gasteiger partial charge is 0.457 e. The van der Waals surface area contributed by atoms with E-state index in [9.17, 15) is 22.8 Å². The van der Waals surface area contributed by atoms with E-state index in [1.54, 1.807) is 30.3 Å². The van der Waals surface area contributed by atoms with Crippen LogP contribution in [0.3, 0.4) is 0 Å². The largest absolute Gasteiger partial charge is 0.494 e. The van der Waals surface area contributed by atoms with Gasteiger partial charge in [0.25, 0.3) is 5.91 Å². The van der Waals surface area contributed by atoms with E-state index in [-0.39, 0.29) is 41.4 Å². The van der Waals surface area contributed by atoms with E-state index in [0.29, 0.717) is 17.2 Å². The van der Waals surface area contributed by atoms with Crippen molar-refractivity contribution in [2.75, 3.05) is 44.2 Å². The number of nitrogens with one attached hydrogen (secondary N) is 1. The van der Waals surface area contributed by atoms with Crippen LogP contribution in [0, 0.1) is 5.41 Å². The Morgan fingerprint density at radius 2 is 1.56 bits per heavy atom. The van der Waals surface area contributed by atoms with Crippen molar-refractivity contribution in [2.24, 2.45) is 5.41 Å². The number of aromatic nitrogens is 1. The Morgan fingerprint density at radius 3 is 2.17 bits per heavy atom. The molecule has 9 nitrogen and oxygen atoms in total. The molecule has 0 bridgehead atoms. The summed E-state index contributed by atoms with van der Waals surface area (Å²) in [6.45, 7) is 4.31. The van der Waals surface area contributed by atoms with Crippen LogP contribution in [0.5, 0.6) is 11.5 Å². The average molecular weight is 570 g/mol. The first-order chi connectivity index (χ1) is 19.3. The zero-order valence-corrected chi connectivity index (χ0v) is 23.3. The Balaban J connectivity index is 1.48. The standard InChI is InChI=1S/C28H30BF3N4O5/c1-27(2)16-39-29(40-17-27)23-11-8-19(14-22(23)28(30,31)32)36(5)26(38)35(4)18-6-9-20(10-7-18)41-21-12-13-34-24(15-21)25(37)33-3/h6-15H,16-17H2,1-5H3,(H,33,37). The van der Waals surface area contributed by atoms with E-state index < -0.39 is 24.9 Å². The predicted octanol–water partition coefficient (Wildman–Crippen LogP) is 4.71. The van der Waals surface area contributed by atoms with Crippen molar-refractivity contribution in [3.8, 4) is 11.5 Å². The predicted molar refractivity (Wildman–Crippen MR) is 149 cm³/mol. The lowest BCUT2D eigenvalue weighted by Crippen LogP contribution is -2.49. The van der Waals surface area contributed by atoms with Gasteiger partial charge in [0.05, 0.1) is 5.56 Å². The third-order valence-electron chi connectivity index (χ3n) is 6.46. The highest BCUT2D eigenvalue weighted by Gasteiger charge is 2.41. The molecule has 0 unspecified atom stereocenters. The lowest BCUT2D eigenvalue weighted by molar-refractivity contribution is -0.137. The van der Waals surface area contributed by atoms with Crippen LogP contribution in [0.4, 0.5) is 29.3 Å². The summed E-state index contributed by atoms with van der Waals surface area (Å²) in [5, 5.41) is 2.49. The van der Waals surface area contributed by atoms with Gasteiger partial charge in [-0.1, -0.05) is 19.9 Å². The fourth-order valence-electron chi connectivity index (χ4n) is 4.12. The second kappa shape index (κ2) is 11.8. The molecule has 13 heteroatoms. The van der Waals surface area contributed by atoms with E-state index in [1.165, 1.54) is 50.4 Å². The van der Waals surface area contributed by atoms with Crippen molar-refractivity contribution < 1.29 is 36.8 Å². The highest BCUT2D eigenvalue weighted by molar-refractivity contribution is 6.62. The molecular formula is C28H30BF3N4O5. The fraction of sp³-hybridized carbons (Fsp3) is 0.321. The van der Waals surface area contributed by atoms with E-state index in [4.69, 9.17) is 14.0 Å². The van der Waals surface area contributed by atoms with Crippen molar-refractivity contribution in [3.05, 3.63) is 72.1 Å². The van der Waals surface area contributed by atoms with Crippen LogP contribution in [0.1, 0.15) is 29.9 Å². The van der Waals surface area contributed by atoms with Gasteiger partial charge in [0.2, 0.25) is 0 Å². The number of hydrogen-bond acceptors (Lipinski definition) is 6. The number of urea groups is 1. The number of alkyl halides is 3. The average Bonchev–Trinajstić information content (AvgIpc) is 2.95. The van der Waals surface area contributed by atoms with Crippen molar-refractivity contribution in [3.63, 3.8) is 0 Å². The van der Waals surface area contributed by atoms with Gasteiger partial charge in [-0.15, -0.1) is 0 Å². The van der Waals surface area contributed by atoms with Gasteiger partial charge in [-0.3, -0.25) is 19.6 Å². The summed E-state index contributed by atoms with van der Waals surface area (Å²) in [7, 11) is 3.26. The topological polar surface area (TPSA) is 93.2 Å². The molecule has 1 aromatic heterocycles. The van der Waals surface area contributed by atoms with Crippen molar-refractivity contribution in [1.82, 2.24) is 10.3 Å². The molecule has 3 aromatic rings. The number of ether oxygens (including phenoxy) is 1. The summed E-state index contributed by atoms with van der Waals surface area (Å²) in [5.41, 5.74) is -0.643. The lowest BCUT2D eigenvalue weighted by atomic mass is 9.73. The first-order valence-corrected chi connectivity index (χ1v) is 12.7. The zero-order valence-electron chi connectivity index (χ0n) is 23.3. The number of halogens is 3. The van der Waals surface area contributed by atoms with Crippen LogP contribution in [0.15, 0.2) is 60.8 Å². The van der Waals surface area contributed by atoms with E-state index >= 15 is 0 Å². The number of amides is 3. The molecule has 2 heterocycles. The van der Waals surface area contributed by atoms with Crippen LogP contribution in [0.2, 0.25) is 0 Å². The second-order valence-corrected chi connectivity index (χ2v) is 10.3. The zero-order chi connectivity index (χ0) is 29.9. The maximum Gasteiger partial charge on any atom is 0.494 e. The Morgan fingerprint density at radius 1 is 0.951 bits per heavy atom. The number of pyridine rings is 1. The Bertz CT molecular complexity index is 1410. The van der Waals surface area contributed by atoms with Crippen molar-refractivity contribution in [1.29, 1.82) is 0 Å². The summed E-state index contributed by atoms with van der Waals surface area (Å²) in [4.78, 5) is 31.4. The van der Waals surface area contributed by atoms with Gasteiger partial charge in [0.15, 0.2) is 0 Å². The maximum absolute atomic E-state index is 14.0. The number of carbonyl (C=O) groups excluding carboxylic acids is 2. The van der Waals surface area contributed by atoms with Crippen LogP contribution in [0.25, 0.3) is 0 Å². The number of hydrogen-bond donors (Lipinski definition) is 1. The first-order valence-electron chi connectivity index (χ1n) is 12.7. The molecule has 1 N–H and O–H groups in total. The van der Waals surface area contributed by atoms with Gasteiger partial charge in [-0.2, -0.15) is 13.2 Å². The first kappa shape index (κ1) is 29.9. The molecule has 2 aromatic carbocycles. The quantitative estimate of drug-likeness (QED) is 0.432. The molecule has 41 heavy (non-hydrogen) atoms. The van der Waals surface area contributed by atoms with Gasteiger partial charge in [-0.25, -0.2) is 4.79 Å². The van der Waals surface area contributed by atoms with Crippen LogP contribution in [-0.2, 0) is 15.5 Å². The molecule has 1 saturated heterocycles. The molecule has 0 aliphatic carbocycles. The van der Waals surface area contributed by atoms with E-state index in [1.807, 2.05) is 13.8 Å². The second-order valence-electron chi connectivity index (χ2n) is 10.3. The normalized spacial score (nSPS) is 14.8. The van der Waals surface area contributed by atoms with Gasteiger partial charge in [-0.05, 0) is 47.9 Å². The molecule has 1 aliphatic heterocycles. The summed E-state index contributed by atoms with van der Waals surface area (Å²) in [6.07, 6.45) is -3.24. The molecule has 0 spiro atoms. The maximum atomic E-state index is 14.0. The molecule has 0 saturated carbocycles. The number of benzene rings is 2. The van der Waals surface area contributed by atoms with Crippen molar-refractivity contribution in [2.45, 2.75) is 20.0 Å². The van der Waals surface area contributed by atoms with Gasteiger partial charge in [0.1, 0.15) is 17.2 Å². The Labute approximate surface area is 236 Å². The Kier molecular flexibility index (Phi) is 8.59. The molecule has 0 atom stereocenters. The van der Waals surface area contributed by atoms with Crippen LogP contribution >= 0.6 is 0 Å². The monoisotopic (exact) mass is 570 g/mol. The van der Waals surface area contributed by atoms with Gasteiger partial charge >= 0.3 is 19.3 Å². The number of anilines is 2. The van der Waals surface area contributed by atoms with Crippen LogP contribution < -0.4 is 25.3 Å². The van der Waals surface area contributed by atoms with Crippen molar-refractivity contribution >= 4 is 35.9 Å². The third kappa shape index (κ3) is 6.98. The molecule has 1 aliphatic rings. The van der Waals surface area contributed by atoms with Gasteiger partial charge < -0.3 is 19.4 Å². The molecule has 3 amide bonds. The summed E-state index contributed by atoms with van der Waals surface area (Å²) < 4.78 is 59.1. The lowest BCUT2D eigenvalue weighted by Gasteiger charge is -2.34.